The van der Waals surface area contributed by atoms with E-state index in [4.69, 9.17) is 9.47 Å². The van der Waals surface area contributed by atoms with Crippen molar-refractivity contribution in [3.05, 3.63) is 23.8 Å². The van der Waals surface area contributed by atoms with Gasteiger partial charge in [0.25, 0.3) is 0 Å². The first-order valence-corrected chi connectivity index (χ1v) is 7.22. The maximum Gasteiger partial charge on any atom is 0.166 e. The summed E-state index contributed by atoms with van der Waals surface area (Å²) < 4.78 is 11.0. The summed E-state index contributed by atoms with van der Waals surface area (Å²) in [6, 6.07) is 5.35. The Balaban J connectivity index is 2.77. The Morgan fingerprint density at radius 1 is 1.20 bits per heavy atom. The lowest BCUT2D eigenvalue weighted by atomic mass is 10.1. The van der Waals surface area contributed by atoms with Crippen LogP contribution in [-0.4, -0.2) is 44.0 Å². The fraction of sp³-hybridized carbons (Fsp3) is 0.562. The monoisotopic (exact) mass is 279 g/mol. The molecular formula is C16H25NO3. The van der Waals surface area contributed by atoms with E-state index in [2.05, 4.69) is 18.7 Å². The van der Waals surface area contributed by atoms with Crippen LogP contribution in [0, 0.1) is 0 Å². The fourth-order valence-corrected chi connectivity index (χ4v) is 1.99. The minimum absolute atomic E-state index is 0.0884. The summed E-state index contributed by atoms with van der Waals surface area (Å²) in [6.07, 6.45) is 0.471. The summed E-state index contributed by atoms with van der Waals surface area (Å²) in [7, 11) is 1.61. The zero-order chi connectivity index (χ0) is 15.0. The van der Waals surface area contributed by atoms with E-state index >= 15 is 0 Å². The van der Waals surface area contributed by atoms with Crippen molar-refractivity contribution in [2.45, 2.75) is 27.2 Å². The van der Waals surface area contributed by atoms with Crippen LogP contribution in [-0.2, 0) is 0 Å². The first-order chi connectivity index (χ1) is 9.65. The highest BCUT2D eigenvalue weighted by Gasteiger charge is 2.12. The van der Waals surface area contributed by atoms with Gasteiger partial charge in [-0.05, 0) is 25.2 Å². The van der Waals surface area contributed by atoms with Crippen molar-refractivity contribution in [2.75, 3.05) is 33.4 Å². The highest BCUT2D eigenvalue weighted by Crippen LogP contribution is 2.26. The van der Waals surface area contributed by atoms with Crippen molar-refractivity contribution < 1.29 is 14.3 Å². The lowest BCUT2D eigenvalue weighted by Gasteiger charge is -2.19. The average molecular weight is 279 g/mol. The van der Waals surface area contributed by atoms with Crippen molar-refractivity contribution in [1.82, 2.24) is 4.90 Å². The van der Waals surface area contributed by atoms with E-state index in [0.717, 1.165) is 19.6 Å². The van der Waals surface area contributed by atoms with Gasteiger partial charge in [-0.3, -0.25) is 4.79 Å². The van der Waals surface area contributed by atoms with Gasteiger partial charge < -0.3 is 14.4 Å². The van der Waals surface area contributed by atoms with Crippen molar-refractivity contribution in [2.24, 2.45) is 0 Å². The zero-order valence-electron chi connectivity index (χ0n) is 12.9. The summed E-state index contributed by atoms with van der Waals surface area (Å²) in [5.74, 6) is 1.41. The van der Waals surface area contributed by atoms with Crippen LogP contribution in [0.4, 0.5) is 0 Å². The Morgan fingerprint density at radius 2 is 1.90 bits per heavy atom. The third-order valence-corrected chi connectivity index (χ3v) is 3.37. The first kappa shape index (κ1) is 16.5. The predicted octanol–water partition coefficient (Wildman–Crippen LogP) is 3.01. The smallest absolute Gasteiger partial charge is 0.166 e. The number of Topliss-reactive ketones (excluding diaryl/α,β-unsaturated/α-hetero) is 1. The number of benzene rings is 1. The molecule has 0 bridgehead atoms. The Bertz CT molecular complexity index is 428. The van der Waals surface area contributed by atoms with E-state index in [0.29, 0.717) is 30.1 Å². The Hall–Kier alpha value is -1.55. The van der Waals surface area contributed by atoms with Crippen LogP contribution < -0.4 is 9.47 Å². The topological polar surface area (TPSA) is 38.8 Å². The summed E-state index contributed by atoms with van der Waals surface area (Å²) >= 11 is 0. The highest BCUT2D eigenvalue weighted by atomic mass is 16.5. The van der Waals surface area contributed by atoms with Gasteiger partial charge in [0.05, 0.1) is 12.7 Å². The number of rotatable bonds is 9. The minimum atomic E-state index is 0.0884. The number of ether oxygens (including phenoxy) is 2. The van der Waals surface area contributed by atoms with Crippen LogP contribution in [0.5, 0.6) is 11.5 Å². The molecule has 1 aromatic rings. The van der Waals surface area contributed by atoms with E-state index in [1.54, 1.807) is 25.3 Å². The molecule has 0 fully saturated rings. The number of carbonyl (C=O) groups excluding carboxylic acids is 1. The first-order valence-electron chi connectivity index (χ1n) is 7.22. The summed E-state index contributed by atoms with van der Waals surface area (Å²) in [4.78, 5) is 14.2. The van der Waals surface area contributed by atoms with E-state index in [1.165, 1.54) is 0 Å². The van der Waals surface area contributed by atoms with Gasteiger partial charge in [-0.15, -0.1) is 0 Å². The second-order valence-electron chi connectivity index (χ2n) is 4.51. The van der Waals surface area contributed by atoms with Crippen molar-refractivity contribution in [1.29, 1.82) is 0 Å². The average Bonchev–Trinajstić information content (AvgIpc) is 2.50. The standard InChI is InChI=1S/C16H25NO3/c1-5-15(18)14-9-8-13(19-4)12-16(14)20-11-10-17(6-2)7-3/h8-9,12H,5-7,10-11H2,1-4H3. The molecule has 0 aromatic heterocycles. The molecule has 0 amide bonds. The predicted molar refractivity (Wildman–Crippen MR) is 80.9 cm³/mol. The molecule has 0 saturated heterocycles. The van der Waals surface area contributed by atoms with Gasteiger partial charge in [0, 0.05) is 19.0 Å². The van der Waals surface area contributed by atoms with Gasteiger partial charge in [0.2, 0.25) is 0 Å². The number of ketones is 1. The second-order valence-corrected chi connectivity index (χ2v) is 4.51. The molecule has 0 heterocycles. The molecule has 0 saturated carbocycles. The number of hydrogen-bond donors (Lipinski definition) is 0. The van der Waals surface area contributed by atoms with Gasteiger partial charge >= 0.3 is 0 Å². The van der Waals surface area contributed by atoms with E-state index in [-0.39, 0.29) is 5.78 Å². The number of likely N-dealkylation sites (N-methyl/N-ethyl adjacent to an activating group) is 1. The Morgan fingerprint density at radius 3 is 2.45 bits per heavy atom. The molecule has 0 aliphatic heterocycles. The Kier molecular flexibility index (Phi) is 7.09. The lowest BCUT2D eigenvalue weighted by Crippen LogP contribution is -2.28. The van der Waals surface area contributed by atoms with Gasteiger partial charge in [-0.1, -0.05) is 20.8 Å². The molecule has 1 rings (SSSR count). The van der Waals surface area contributed by atoms with Crippen LogP contribution in [0.2, 0.25) is 0 Å². The van der Waals surface area contributed by atoms with Crippen LogP contribution in [0.15, 0.2) is 18.2 Å². The third-order valence-electron chi connectivity index (χ3n) is 3.37. The van der Waals surface area contributed by atoms with E-state index in [1.807, 2.05) is 6.92 Å². The summed E-state index contributed by atoms with van der Waals surface area (Å²) in [6.45, 7) is 9.52. The van der Waals surface area contributed by atoms with E-state index < -0.39 is 0 Å². The van der Waals surface area contributed by atoms with Gasteiger partial charge in [0.15, 0.2) is 5.78 Å². The third kappa shape index (κ3) is 4.53. The molecule has 4 nitrogen and oxygen atoms in total. The molecule has 0 atom stereocenters. The van der Waals surface area contributed by atoms with Crippen molar-refractivity contribution >= 4 is 5.78 Å². The molecule has 0 unspecified atom stereocenters. The van der Waals surface area contributed by atoms with Gasteiger partial charge in [-0.2, -0.15) is 0 Å². The summed E-state index contributed by atoms with van der Waals surface area (Å²) in [5.41, 5.74) is 0.632. The molecule has 0 aliphatic carbocycles. The van der Waals surface area contributed by atoms with Crippen LogP contribution in [0.3, 0.4) is 0 Å². The molecule has 0 radical (unpaired) electrons. The quantitative estimate of drug-likeness (QED) is 0.651. The van der Waals surface area contributed by atoms with Gasteiger partial charge in [0.1, 0.15) is 18.1 Å². The molecule has 112 valence electrons. The van der Waals surface area contributed by atoms with Gasteiger partial charge in [-0.25, -0.2) is 0 Å². The number of carbonyl (C=O) groups is 1. The molecule has 4 heteroatoms. The zero-order valence-corrected chi connectivity index (χ0v) is 12.9. The maximum atomic E-state index is 11.9. The highest BCUT2D eigenvalue weighted by molar-refractivity contribution is 5.98. The van der Waals surface area contributed by atoms with E-state index in [9.17, 15) is 4.79 Å². The maximum absolute atomic E-state index is 11.9. The molecule has 0 N–H and O–H groups in total. The van der Waals surface area contributed by atoms with Crippen molar-refractivity contribution in [3.8, 4) is 11.5 Å². The SMILES string of the molecule is CCC(=O)c1ccc(OC)cc1OCCN(CC)CC. The van der Waals surface area contributed by atoms with Crippen LogP contribution in [0.1, 0.15) is 37.6 Å². The number of methoxy groups -OCH3 is 1. The molecule has 1 aromatic carbocycles. The lowest BCUT2D eigenvalue weighted by molar-refractivity contribution is 0.0983. The number of hydrogen-bond acceptors (Lipinski definition) is 4. The second kappa shape index (κ2) is 8.59. The normalized spacial score (nSPS) is 10.7. The van der Waals surface area contributed by atoms with Crippen LogP contribution >= 0.6 is 0 Å². The molecular weight excluding hydrogens is 254 g/mol. The van der Waals surface area contributed by atoms with Crippen molar-refractivity contribution in [3.63, 3.8) is 0 Å². The molecule has 0 aliphatic rings. The van der Waals surface area contributed by atoms with Crippen LogP contribution in [0.25, 0.3) is 0 Å². The Labute approximate surface area is 121 Å². The largest absolute Gasteiger partial charge is 0.497 e. The molecule has 0 spiro atoms. The summed E-state index contributed by atoms with van der Waals surface area (Å²) in [5, 5.41) is 0. The minimum Gasteiger partial charge on any atom is -0.497 e. The fourth-order valence-electron chi connectivity index (χ4n) is 1.99. The number of nitrogens with zero attached hydrogens (tertiary/aromatic N) is 1. The molecule has 20 heavy (non-hydrogen) atoms.